The minimum absolute atomic E-state index is 0.181. The molecular weight excluding hydrogens is 628 g/mol. The molecule has 0 spiro atoms. The SMILES string of the molecule is CCN(CCN(CCN(CCNCC(=O)O)CC(=O)O)CC(=O)NCC(=O)NCC(=O)NC(C(=O)NCC(=O)O)C(C)C)CC(=O)O. The molecule has 9 N–H and O–H groups in total. The number of rotatable bonds is 27. The lowest BCUT2D eigenvalue weighted by Crippen LogP contribution is -2.53. The van der Waals surface area contributed by atoms with Crippen LogP contribution in [0.3, 0.4) is 0 Å². The summed E-state index contributed by atoms with van der Waals surface area (Å²) < 4.78 is 0. The van der Waals surface area contributed by atoms with Crippen LogP contribution in [0.4, 0.5) is 0 Å². The van der Waals surface area contributed by atoms with Crippen molar-refractivity contribution in [2.24, 2.45) is 5.92 Å². The van der Waals surface area contributed by atoms with Crippen molar-refractivity contribution in [3.63, 3.8) is 0 Å². The molecule has 0 aromatic carbocycles. The van der Waals surface area contributed by atoms with Gasteiger partial charge in [-0.2, -0.15) is 0 Å². The van der Waals surface area contributed by atoms with Crippen LogP contribution < -0.4 is 26.6 Å². The molecule has 0 fully saturated rings. The zero-order valence-corrected chi connectivity index (χ0v) is 27.0. The Balaban J connectivity index is 5.12. The van der Waals surface area contributed by atoms with Crippen molar-refractivity contribution in [3.05, 3.63) is 0 Å². The first kappa shape index (κ1) is 42.6. The molecule has 268 valence electrons. The van der Waals surface area contributed by atoms with Gasteiger partial charge in [0.2, 0.25) is 23.6 Å². The van der Waals surface area contributed by atoms with Gasteiger partial charge in [0.25, 0.3) is 0 Å². The Labute approximate surface area is 272 Å². The van der Waals surface area contributed by atoms with E-state index in [4.69, 9.17) is 15.3 Å². The summed E-state index contributed by atoms with van der Waals surface area (Å²) in [5, 5.41) is 47.9. The lowest BCUT2D eigenvalue weighted by molar-refractivity contribution is -0.139. The van der Waals surface area contributed by atoms with Gasteiger partial charge in [-0.15, -0.1) is 0 Å². The van der Waals surface area contributed by atoms with E-state index in [1.54, 1.807) is 35.5 Å². The molecule has 20 nitrogen and oxygen atoms in total. The lowest BCUT2D eigenvalue weighted by atomic mass is 10.0. The van der Waals surface area contributed by atoms with E-state index in [2.05, 4.69) is 26.6 Å². The minimum atomic E-state index is -1.26. The second kappa shape index (κ2) is 23.9. The monoisotopic (exact) mass is 676 g/mol. The Kier molecular flexibility index (Phi) is 21.6. The molecule has 0 heterocycles. The molecular formula is C27H48N8O12. The molecule has 1 atom stereocenters. The van der Waals surface area contributed by atoms with Gasteiger partial charge in [-0.25, -0.2) is 0 Å². The summed E-state index contributed by atoms with van der Waals surface area (Å²) >= 11 is 0. The van der Waals surface area contributed by atoms with Gasteiger partial charge in [0.15, 0.2) is 0 Å². The standard InChI is InChI=1S/C27H48N8O12/c1-4-33(16-24(43)44)7-8-35(10-9-34(17-25(45)46)6-5-28-13-22(39)40)15-21(38)30-11-19(36)29-12-20(37)32-26(18(2)3)27(47)31-14-23(41)42/h18,26,28H,4-17H2,1-3H3,(H,29,36)(H,30,38)(H,31,47)(H,32,37)(H,39,40)(H,41,42)(H,43,44)(H,45,46). The Morgan fingerprint density at radius 3 is 1.55 bits per heavy atom. The number of carboxylic acids is 4. The third-order valence-electron chi connectivity index (χ3n) is 6.45. The first-order chi connectivity index (χ1) is 22.0. The number of carbonyl (C=O) groups is 8. The van der Waals surface area contributed by atoms with Crippen LogP contribution in [-0.4, -0.2) is 180 Å². The molecule has 0 bridgehead atoms. The fraction of sp³-hybridized carbons (Fsp3) is 0.704. The van der Waals surface area contributed by atoms with Crippen molar-refractivity contribution in [2.45, 2.75) is 26.8 Å². The van der Waals surface area contributed by atoms with Gasteiger partial charge in [0, 0.05) is 39.3 Å². The maximum Gasteiger partial charge on any atom is 0.322 e. The van der Waals surface area contributed by atoms with Crippen molar-refractivity contribution < 1.29 is 58.8 Å². The molecule has 20 heteroatoms. The van der Waals surface area contributed by atoms with Gasteiger partial charge in [0.05, 0.1) is 39.3 Å². The van der Waals surface area contributed by atoms with E-state index in [9.17, 15) is 43.5 Å². The summed E-state index contributed by atoms with van der Waals surface area (Å²) in [4.78, 5) is 98.2. The summed E-state index contributed by atoms with van der Waals surface area (Å²) in [6.07, 6.45) is 0. The molecule has 47 heavy (non-hydrogen) atoms. The minimum Gasteiger partial charge on any atom is -0.480 e. The number of amides is 4. The highest BCUT2D eigenvalue weighted by Crippen LogP contribution is 2.01. The normalized spacial score (nSPS) is 11.7. The summed E-state index contributed by atoms with van der Waals surface area (Å²) in [7, 11) is 0. The van der Waals surface area contributed by atoms with E-state index in [0.717, 1.165) is 0 Å². The van der Waals surface area contributed by atoms with Crippen molar-refractivity contribution in [3.8, 4) is 0 Å². The van der Waals surface area contributed by atoms with Crippen LogP contribution in [-0.2, 0) is 38.4 Å². The van der Waals surface area contributed by atoms with Crippen LogP contribution in [0, 0.1) is 5.92 Å². The van der Waals surface area contributed by atoms with E-state index in [-0.39, 0.29) is 71.4 Å². The third-order valence-corrected chi connectivity index (χ3v) is 6.45. The quantitative estimate of drug-likeness (QED) is 0.0370. The van der Waals surface area contributed by atoms with Crippen LogP contribution in [0.2, 0.25) is 0 Å². The maximum atomic E-state index is 12.7. The molecule has 0 aliphatic carbocycles. The van der Waals surface area contributed by atoms with Gasteiger partial charge in [-0.05, 0) is 12.5 Å². The van der Waals surface area contributed by atoms with Crippen LogP contribution in [0.5, 0.6) is 0 Å². The number of hydrogen-bond acceptors (Lipinski definition) is 12. The van der Waals surface area contributed by atoms with Crippen molar-refractivity contribution in [1.82, 2.24) is 41.3 Å². The van der Waals surface area contributed by atoms with Gasteiger partial charge in [-0.3, -0.25) is 53.1 Å². The van der Waals surface area contributed by atoms with Gasteiger partial charge in [-0.1, -0.05) is 20.8 Å². The second-order valence-corrected chi connectivity index (χ2v) is 10.7. The molecule has 0 rings (SSSR count). The fourth-order valence-corrected chi connectivity index (χ4v) is 3.98. The first-order valence-electron chi connectivity index (χ1n) is 14.9. The number of nitrogens with one attached hydrogen (secondary N) is 5. The molecule has 0 radical (unpaired) electrons. The van der Waals surface area contributed by atoms with E-state index in [1.807, 2.05) is 0 Å². The smallest absolute Gasteiger partial charge is 0.322 e. The van der Waals surface area contributed by atoms with Crippen molar-refractivity contribution in [1.29, 1.82) is 0 Å². The fourth-order valence-electron chi connectivity index (χ4n) is 3.98. The molecule has 0 aromatic heterocycles. The van der Waals surface area contributed by atoms with Crippen molar-refractivity contribution >= 4 is 47.5 Å². The predicted molar refractivity (Wildman–Crippen MR) is 164 cm³/mol. The Morgan fingerprint density at radius 2 is 1.04 bits per heavy atom. The van der Waals surface area contributed by atoms with E-state index in [0.29, 0.717) is 6.54 Å². The Bertz CT molecular complexity index is 1070. The zero-order valence-electron chi connectivity index (χ0n) is 27.0. The summed E-state index contributed by atoms with van der Waals surface area (Å²) in [5.74, 6) is -7.55. The Hall–Kier alpha value is -4.40. The van der Waals surface area contributed by atoms with Gasteiger partial charge < -0.3 is 47.0 Å². The topological polar surface area (TPSA) is 287 Å². The number of carboxylic acid groups (broad SMARTS) is 4. The molecule has 0 saturated carbocycles. The maximum absolute atomic E-state index is 12.7. The van der Waals surface area contributed by atoms with Crippen LogP contribution in [0.15, 0.2) is 0 Å². The summed E-state index contributed by atoms with van der Waals surface area (Å²) in [5.41, 5.74) is 0. The molecule has 0 aromatic rings. The number of carbonyl (C=O) groups excluding carboxylic acids is 4. The van der Waals surface area contributed by atoms with E-state index in [1.165, 1.54) is 0 Å². The Morgan fingerprint density at radius 1 is 0.553 bits per heavy atom. The van der Waals surface area contributed by atoms with Crippen LogP contribution in [0.25, 0.3) is 0 Å². The molecule has 0 aliphatic rings. The predicted octanol–water partition coefficient (Wildman–Crippen LogP) is -4.67. The second-order valence-electron chi connectivity index (χ2n) is 10.7. The van der Waals surface area contributed by atoms with Crippen LogP contribution >= 0.6 is 0 Å². The molecule has 0 saturated heterocycles. The average Bonchev–Trinajstić information content (AvgIpc) is 2.98. The summed E-state index contributed by atoms with van der Waals surface area (Å²) in [6, 6.07) is -1.05. The number of aliphatic carboxylic acids is 4. The molecule has 4 amide bonds. The highest BCUT2D eigenvalue weighted by molar-refractivity contribution is 5.92. The third kappa shape index (κ3) is 22.7. The highest BCUT2D eigenvalue weighted by atomic mass is 16.4. The molecule has 1 unspecified atom stereocenters. The van der Waals surface area contributed by atoms with E-state index >= 15 is 0 Å². The lowest BCUT2D eigenvalue weighted by Gasteiger charge is -2.28. The molecule has 0 aliphatic heterocycles. The largest absolute Gasteiger partial charge is 0.480 e. The van der Waals surface area contributed by atoms with Crippen molar-refractivity contribution in [2.75, 3.05) is 91.6 Å². The summed E-state index contributed by atoms with van der Waals surface area (Å²) in [6.45, 7) is 4.02. The number of hydrogen-bond donors (Lipinski definition) is 9. The van der Waals surface area contributed by atoms with Gasteiger partial charge >= 0.3 is 23.9 Å². The number of nitrogens with zero attached hydrogens (tertiary/aromatic N) is 3. The van der Waals surface area contributed by atoms with Crippen LogP contribution in [0.1, 0.15) is 20.8 Å². The van der Waals surface area contributed by atoms with E-state index < -0.39 is 73.2 Å². The first-order valence-corrected chi connectivity index (χ1v) is 14.9. The number of likely N-dealkylation sites (N-methyl/N-ethyl adjacent to an activating group) is 1. The van der Waals surface area contributed by atoms with Gasteiger partial charge in [0.1, 0.15) is 12.6 Å². The highest BCUT2D eigenvalue weighted by Gasteiger charge is 2.24. The zero-order chi connectivity index (χ0) is 35.9. The average molecular weight is 677 g/mol.